The van der Waals surface area contributed by atoms with Crippen molar-refractivity contribution in [2.24, 2.45) is 0 Å². The standard InChI is InChI=1S/C21H19BrClNO3/c22-20-17(26-13-14-4-2-1-3-5-14)6-7-18(21(20)23)27-16-8-10-24-12-19-15(16)9-11-25-19/h1-7,9,11,16,24H,8,10,12-13H2. The first-order chi connectivity index (χ1) is 13.2. The van der Waals surface area contributed by atoms with Crippen molar-refractivity contribution in [1.82, 2.24) is 5.32 Å². The van der Waals surface area contributed by atoms with Crippen molar-refractivity contribution in [2.75, 3.05) is 6.54 Å². The Morgan fingerprint density at radius 1 is 1.11 bits per heavy atom. The van der Waals surface area contributed by atoms with Crippen molar-refractivity contribution in [2.45, 2.75) is 25.7 Å². The summed E-state index contributed by atoms with van der Waals surface area (Å²) < 4.78 is 18.4. The highest BCUT2D eigenvalue weighted by atomic mass is 79.9. The van der Waals surface area contributed by atoms with Crippen LogP contribution >= 0.6 is 27.5 Å². The van der Waals surface area contributed by atoms with Crippen LogP contribution in [0.1, 0.15) is 29.4 Å². The van der Waals surface area contributed by atoms with Crippen molar-refractivity contribution >= 4 is 27.5 Å². The van der Waals surface area contributed by atoms with Crippen LogP contribution in [0, 0.1) is 0 Å². The molecule has 0 saturated heterocycles. The Balaban J connectivity index is 1.51. The highest BCUT2D eigenvalue weighted by Gasteiger charge is 2.24. The number of benzene rings is 2. The Hall–Kier alpha value is -1.95. The summed E-state index contributed by atoms with van der Waals surface area (Å²) in [4.78, 5) is 0. The molecule has 4 rings (SSSR count). The third-order valence-corrected chi connectivity index (χ3v) is 5.90. The van der Waals surface area contributed by atoms with E-state index in [1.165, 1.54) is 0 Å². The minimum atomic E-state index is -0.103. The van der Waals surface area contributed by atoms with Gasteiger partial charge in [0.2, 0.25) is 0 Å². The summed E-state index contributed by atoms with van der Waals surface area (Å²) in [7, 11) is 0. The van der Waals surface area contributed by atoms with Crippen LogP contribution in [-0.4, -0.2) is 6.54 Å². The quantitative estimate of drug-likeness (QED) is 0.529. The number of halogens is 2. The first-order valence-corrected chi connectivity index (χ1v) is 9.98. The molecule has 2 heterocycles. The van der Waals surface area contributed by atoms with Gasteiger partial charge in [0.15, 0.2) is 0 Å². The van der Waals surface area contributed by atoms with E-state index in [2.05, 4.69) is 21.2 Å². The first-order valence-electron chi connectivity index (χ1n) is 8.80. The molecule has 140 valence electrons. The van der Waals surface area contributed by atoms with Gasteiger partial charge >= 0.3 is 0 Å². The molecule has 1 atom stereocenters. The summed E-state index contributed by atoms with van der Waals surface area (Å²) in [6.07, 6.45) is 2.44. The predicted octanol–water partition coefficient (Wildman–Crippen LogP) is 5.89. The molecule has 0 amide bonds. The molecule has 2 aromatic carbocycles. The normalized spacial score (nSPS) is 16.4. The van der Waals surface area contributed by atoms with Gasteiger partial charge in [-0.15, -0.1) is 0 Å². The van der Waals surface area contributed by atoms with Gasteiger partial charge in [-0.3, -0.25) is 0 Å². The van der Waals surface area contributed by atoms with Crippen molar-refractivity contribution in [3.63, 3.8) is 0 Å². The van der Waals surface area contributed by atoms with E-state index in [1.807, 2.05) is 48.5 Å². The van der Waals surface area contributed by atoms with Gasteiger partial charge in [0, 0.05) is 12.0 Å². The lowest BCUT2D eigenvalue weighted by molar-refractivity contribution is 0.196. The average molecular weight is 449 g/mol. The van der Waals surface area contributed by atoms with Gasteiger partial charge in [-0.2, -0.15) is 0 Å². The number of nitrogens with one attached hydrogen (secondary N) is 1. The monoisotopic (exact) mass is 447 g/mol. The molecule has 0 radical (unpaired) electrons. The van der Waals surface area contributed by atoms with Crippen molar-refractivity contribution < 1.29 is 13.9 Å². The molecule has 1 aromatic heterocycles. The Bertz CT molecular complexity index is 913. The van der Waals surface area contributed by atoms with Crippen LogP contribution in [0.3, 0.4) is 0 Å². The number of hydrogen-bond donors (Lipinski definition) is 1. The maximum Gasteiger partial charge on any atom is 0.140 e. The van der Waals surface area contributed by atoms with E-state index in [0.29, 0.717) is 34.1 Å². The smallest absolute Gasteiger partial charge is 0.140 e. The highest BCUT2D eigenvalue weighted by molar-refractivity contribution is 9.10. The van der Waals surface area contributed by atoms with Gasteiger partial charge in [-0.05, 0) is 46.2 Å². The van der Waals surface area contributed by atoms with E-state index in [9.17, 15) is 0 Å². The molecule has 1 unspecified atom stereocenters. The van der Waals surface area contributed by atoms with E-state index < -0.39 is 0 Å². The number of rotatable bonds is 5. The molecule has 0 saturated carbocycles. The van der Waals surface area contributed by atoms with E-state index >= 15 is 0 Å². The zero-order chi connectivity index (χ0) is 18.6. The topological polar surface area (TPSA) is 43.6 Å². The van der Waals surface area contributed by atoms with Gasteiger partial charge in [0.25, 0.3) is 0 Å². The molecule has 0 aliphatic carbocycles. The number of furan rings is 1. The summed E-state index contributed by atoms with van der Waals surface area (Å²) in [5.74, 6) is 2.22. The summed E-state index contributed by atoms with van der Waals surface area (Å²) in [6, 6.07) is 15.7. The second-order valence-corrected chi connectivity index (χ2v) is 7.51. The van der Waals surface area contributed by atoms with Gasteiger partial charge in [-0.1, -0.05) is 41.9 Å². The summed E-state index contributed by atoms with van der Waals surface area (Å²) >= 11 is 10.1. The van der Waals surface area contributed by atoms with Crippen LogP contribution in [0.25, 0.3) is 0 Å². The zero-order valence-electron chi connectivity index (χ0n) is 14.6. The minimum Gasteiger partial charge on any atom is -0.488 e. The van der Waals surface area contributed by atoms with Crippen molar-refractivity contribution in [3.8, 4) is 11.5 Å². The maximum atomic E-state index is 6.55. The molecule has 0 spiro atoms. The molecular formula is C21H19BrClNO3. The minimum absolute atomic E-state index is 0.103. The summed E-state index contributed by atoms with van der Waals surface area (Å²) in [6.45, 7) is 2.04. The molecular weight excluding hydrogens is 430 g/mol. The Morgan fingerprint density at radius 2 is 1.93 bits per heavy atom. The number of ether oxygens (including phenoxy) is 2. The van der Waals surface area contributed by atoms with Crippen LogP contribution < -0.4 is 14.8 Å². The Labute approximate surface area is 171 Å². The Morgan fingerprint density at radius 3 is 2.78 bits per heavy atom. The lowest BCUT2D eigenvalue weighted by Crippen LogP contribution is -2.14. The van der Waals surface area contributed by atoms with Crippen molar-refractivity contribution in [3.05, 3.63) is 81.2 Å². The van der Waals surface area contributed by atoms with E-state index in [0.717, 1.165) is 29.9 Å². The van der Waals surface area contributed by atoms with Gasteiger partial charge in [0.1, 0.15) is 35.0 Å². The predicted molar refractivity (Wildman–Crippen MR) is 108 cm³/mol. The average Bonchev–Trinajstić information content (AvgIpc) is 3.08. The third-order valence-electron chi connectivity index (χ3n) is 4.51. The first kappa shape index (κ1) is 18.4. The number of fused-ring (bicyclic) bond motifs is 1. The zero-order valence-corrected chi connectivity index (χ0v) is 16.9. The fraction of sp³-hybridized carbons (Fsp3) is 0.238. The Kier molecular flexibility index (Phi) is 5.72. The van der Waals surface area contributed by atoms with Crippen LogP contribution in [-0.2, 0) is 13.2 Å². The molecule has 0 fully saturated rings. The molecule has 0 bridgehead atoms. The van der Waals surface area contributed by atoms with Crippen LogP contribution in [0.4, 0.5) is 0 Å². The van der Waals surface area contributed by atoms with E-state index in [1.54, 1.807) is 6.26 Å². The maximum absolute atomic E-state index is 6.55. The lowest BCUT2D eigenvalue weighted by Gasteiger charge is -2.19. The fourth-order valence-electron chi connectivity index (χ4n) is 3.10. The largest absolute Gasteiger partial charge is 0.488 e. The second-order valence-electron chi connectivity index (χ2n) is 6.34. The number of hydrogen-bond acceptors (Lipinski definition) is 4. The molecule has 27 heavy (non-hydrogen) atoms. The SMILES string of the molecule is Clc1c(OC2CCNCc3occc32)ccc(OCc2ccccc2)c1Br. The third kappa shape index (κ3) is 4.15. The van der Waals surface area contributed by atoms with Crippen LogP contribution in [0.5, 0.6) is 11.5 Å². The lowest BCUT2D eigenvalue weighted by atomic mass is 10.1. The molecule has 6 heteroatoms. The summed E-state index contributed by atoms with van der Waals surface area (Å²) in [5.41, 5.74) is 2.16. The van der Waals surface area contributed by atoms with Crippen LogP contribution in [0.15, 0.2) is 63.7 Å². The van der Waals surface area contributed by atoms with Gasteiger partial charge in [-0.25, -0.2) is 0 Å². The summed E-state index contributed by atoms with van der Waals surface area (Å²) in [5, 5.41) is 3.84. The van der Waals surface area contributed by atoms with Crippen LogP contribution in [0.2, 0.25) is 5.02 Å². The van der Waals surface area contributed by atoms with Gasteiger partial charge in [0.05, 0.1) is 17.3 Å². The molecule has 1 N–H and O–H groups in total. The molecule has 4 nitrogen and oxygen atoms in total. The molecule has 1 aliphatic rings. The van der Waals surface area contributed by atoms with E-state index in [4.69, 9.17) is 25.5 Å². The fourth-order valence-corrected chi connectivity index (χ4v) is 3.74. The van der Waals surface area contributed by atoms with Gasteiger partial charge < -0.3 is 19.2 Å². The molecule has 1 aliphatic heterocycles. The van der Waals surface area contributed by atoms with E-state index in [-0.39, 0.29) is 6.10 Å². The molecule has 3 aromatic rings. The van der Waals surface area contributed by atoms with Crippen molar-refractivity contribution in [1.29, 1.82) is 0 Å². The second kappa shape index (κ2) is 8.38. The highest BCUT2D eigenvalue weighted by Crippen LogP contribution is 2.41.